The molecule has 0 aliphatic carbocycles. The van der Waals surface area contributed by atoms with Crippen molar-refractivity contribution in [3.63, 3.8) is 0 Å². The van der Waals surface area contributed by atoms with Gasteiger partial charge in [-0.1, -0.05) is 35.9 Å². The molecule has 0 amide bonds. The van der Waals surface area contributed by atoms with Crippen LogP contribution in [-0.2, 0) is 0 Å². The Kier molecular flexibility index (Phi) is 4.07. The van der Waals surface area contributed by atoms with Gasteiger partial charge in [0.15, 0.2) is 0 Å². The van der Waals surface area contributed by atoms with Crippen molar-refractivity contribution in [2.45, 2.75) is 18.9 Å². The van der Waals surface area contributed by atoms with Crippen molar-refractivity contribution in [3.05, 3.63) is 65.5 Å². The van der Waals surface area contributed by atoms with Gasteiger partial charge in [-0.3, -0.25) is 4.98 Å². The van der Waals surface area contributed by atoms with Crippen molar-refractivity contribution in [3.8, 4) is 0 Å². The Morgan fingerprint density at radius 1 is 1.17 bits per heavy atom. The lowest BCUT2D eigenvalue weighted by atomic mass is 9.90. The second kappa shape index (κ2) is 5.76. The van der Waals surface area contributed by atoms with Crippen LogP contribution in [0, 0.1) is 6.92 Å². The molecule has 2 atom stereocenters. The summed E-state index contributed by atoms with van der Waals surface area (Å²) >= 11 is 0. The van der Waals surface area contributed by atoms with Crippen LogP contribution in [-0.4, -0.2) is 16.6 Å². The van der Waals surface area contributed by atoms with Crippen LogP contribution in [0.15, 0.2) is 48.8 Å². The minimum atomic E-state index is -0.597. The fourth-order valence-electron chi connectivity index (χ4n) is 2.04. The molecule has 0 aliphatic heterocycles. The number of benzene rings is 1. The first kappa shape index (κ1) is 12.7. The third kappa shape index (κ3) is 2.75. The zero-order valence-electron chi connectivity index (χ0n) is 10.5. The van der Waals surface area contributed by atoms with Crippen molar-refractivity contribution in [2.75, 3.05) is 6.54 Å². The number of rotatable bonds is 4. The summed E-state index contributed by atoms with van der Waals surface area (Å²) in [5.41, 5.74) is 8.82. The second-order valence-corrected chi connectivity index (χ2v) is 4.48. The molecule has 2 aromatic rings. The molecule has 1 aromatic carbocycles. The lowest BCUT2D eigenvalue weighted by Gasteiger charge is -2.22. The fraction of sp³-hybridized carbons (Fsp3) is 0.267. The molecule has 0 radical (unpaired) electrons. The van der Waals surface area contributed by atoms with Gasteiger partial charge in [-0.05, 0) is 24.1 Å². The number of aryl methyl sites for hydroxylation is 1. The van der Waals surface area contributed by atoms with Crippen molar-refractivity contribution in [2.24, 2.45) is 5.73 Å². The zero-order valence-corrected chi connectivity index (χ0v) is 10.5. The Bertz CT molecular complexity index is 482. The van der Waals surface area contributed by atoms with Gasteiger partial charge in [-0.15, -0.1) is 0 Å². The smallest absolute Gasteiger partial charge is 0.0871 e. The quantitative estimate of drug-likeness (QED) is 0.863. The van der Waals surface area contributed by atoms with Crippen molar-refractivity contribution >= 4 is 0 Å². The molecule has 0 fully saturated rings. The highest BCUT2D eigenvalue weighted by molar-refractivity contribution is 5.27. The summed E-state index contributed by atoms with van der Waals surface area (Å²) < 4.78 is 0. The topological polar surface area (TPSA) is 59.1 Å². The van der Waals surface area contributed by atoms with E-state index in [0.29, 0.717) is 6.54 Å². The molecule has 94 valence electrons. The van der Waals surface area contributed by atoms with E-state index in [1.807, 2.05) is 43.3 Å². The minimum absolute atomic E-state index is 0.124. The maximum Gasteiger partial charge on any atom is 0.0871 e. The molecule has 1 heterocycles. The summed E-state index contributed by atoms with van der Waals surface area (Å²) in [5.74, 6) is -0.124. The number of aliphatic hydroxyl groups is 1. The van der Waals surface area contributed by atoms with Gasteiger partial charge in [0.05, 0.1) is 6.10 Å². The van der Waals surface area contributed by atoms with Crippen molar-refractivity contribution < 1.29 is 5.11 Å². The van der Waals surface area contributed by atoms with Crippen LogP contribution in [0.25, 0.3) is 0 Å². The van der Waals surface area contributed by atoms with Gasteiger partial charge in [-0.25, -0.2) is 0 Å². The summed E-state index contributed by atoms with van der Waals surface area (Å²) in [6.07, 6.45) is 2.88. The van der Waals surface area contributed by atoms with E-state index < -0.39 is 6.10 Å². The van der Waals surface area contributed by atoms with E-state index in [1.54, 1.807) is 12.4 Å². The third-order valence-corrected chi connectivity index (χ3v) is 3.17. The average molecular weight is 242 g/mol. The van der Waals surface area contributed by atoms with E-state index in [-0.39, 0.29) is 5.92 Å². The SMILES string of the molecule is Cc1ccc(C(O)C(CN)c2cccnc2)cc1. The van der Waals surface area contributed by atoms with Gasteiger partial charge in [0.1, 0.15) is 0 Å². The van der Waals surface area contributed by atoms with Gasteiger partial charge in [-0.2, -0.15) is 0 Å². The molecule has 3 heteroatoms. The number of aliphatic hydroxyl groups excluding tert-OH is 1. The lowest BCUT2D eigenvalue weighted by molar-refractivity contribution is 0.147. The predicted molar refractivity (Wildman–Crippen MR) is 72.2 cm³/mol. The molecular weight excluding hydrogens is 224 g/mol. The van der Waals surface area contributed by atoms with E-state index >= 15 is 0 Å². The molecule has 0 saturated heterocycles. The summed E-state index contributed by atoms with van der Waals surface area (Å²) in [6, 6.07) is 11.7. The Balaban J connectivity index is 2.25. The third-order valence-electron chi connectivity index (χ3n) is 3.17. The predicted octanol–water partition coefficient (Wildman–Crippen LogP) is 2.17. The molecule has 2 rings (SSSR count). The first-order valence-electron chi connectivity index (χ1n) is 6.07. The maximum absolute atomic E-state index is 10.4. The molecule has 18 heavy (non-hydrogen) atoms. The molecular formula is C15H18N2O. The molecule has 0 aliphatic rings. The number of hydrogen-bond acceptors (Lipinski definition) is 3. The Morgan fingerprint density at radius 3 is 2.44 bits per heavy atom. The van der Waals surface area contributed by atoms with Gasteiger partial charge in [0, 0.05) is 24.9 Å². The molecule has 0 bridgehead atoms. The number of aromatic nitrogens is 1. The van der Waals surface area contributed by atoms with Gasteiger partial charge in [0.25, 0.3) is 0 Å². The Morgan fingerprint density at radius 2 is 1.89 bits per heavy atom. The van der Waals surface area contributed by atoms with Crippen LogP contribution in [0.1, 0.15) is 28.7 Å². The lowest BCUT2D eigenvalue weighted by Crippen LogP contribution is -2.20. The van der Waals surface area contributed by atoms with Crippen LogP contribution in [0.4, 0.5) is 0 Å². The normalized spacial score (nSPS) is 14.2. The molecule has 1 aromatic heterocycles. The second-order valence-electron chi connectivity index (χ2n) is 4.48. The van der Waals surface area contributed by atoms with E-state index in [9.17, 15) is 5.11 Å². The first-order valence-corrected chi connectivity index (χ1v) is 6.07. The van der Waals surface area contributed by atoms with Gasteiger partial charge in [0.2, 0.25) is 0 Å². The average Bonchev–Trinajstić information content (AvgIpc) is 2.41. The van der Waals surface area contributed by atoms with Crippen molar-refractivity contribution in [1.82, 2.24) is 4.98 Å². The highest BCUT2D eigenvalue weighted by atomic mass is 16.3. The van der Waals surface area contributed by atoms with E-state index in [2.05, 4.69) is 4.98 Å². The van der Waals surface area contributed by atoms with E-state index in [0.717, 1.165) is 11.1 Å². The van der Waals surface area contributed by atoms with Crippen LogP contribution in [0.3, 0.4) is 0 Å². The Labute approximate surface area is 107 Å². The summed E-state index contributed by atoms with van der Waals surface area (Å²) in [7, 11) is 0. The molecule has 0 saturated carbocycles. The monoisotopic (exact) mass is 242 g/mol. The van der Waals surface area contributed by atoms with E-state index in [4.69, 9.17) is 5.73 Å². The molecule has 3 N–H and O–H groups in total. The fourth-order valence-corrected chi connectivity index (χ4v) is 2.04. The highest BCUT2D eigenvalue weighted by Gasteiger charge is 2.21. The summed E-state index contributed by atoms with van der Waals surface area (Å²) in [4.78, 5) is 4.08. The number of nitrogens with zero attached hydrogens (tertiary/aromatic N) is 1. The van der Waals surface area contributed by atoms with Crippen LogP contribution < -0.4 is 5.73 Å². The number of nitrogens with two attached hydrogens (primary N) is 1. The molecule has 2 unspecified atom stereocenters. The van der Waals surface area contributed by atoms with Crippen LogP contribution in [0.2, 0.25) is 0 Å². The first-order chi connectivity index (χ1) is 8.72. The van der Waals surface area contributed by atoms with Gasteiger partial charge >= 0.3 is 0 Å². The largest absolute Gasteiger partial charge is 0.388 e. The molecule has 0 spiro atoms. The van der Waals surface area contributed by atoms with Gasteiger partial charge < -0.3 is 10.8 Å². The standard InChI is InChI=1S/C15H18N2O/c1-11-4-6-12(7-5-11)15(18)14(9-16)13-3-2-8-17-10-13/h2-8,10,14-15,18H,9,16H2,1H3. The highest BCUT2D eigenvalue weighted by Crippen LogP contribution is 2.29. The number of pyridine rings is 1. The van der Waals surface area contributed by atoms with Crippen molar-refractivity contribution in [1.29, 1.82) is 0 Å². The summed E-state index contributed by atoms with van der Waals surface area (Å²) in [6.45, 7) is 2.42. The maximum atomic E-state index is 10.4. The Hall–Kier alpha value is -1.71. The van der Waals surface area contributed by atoms with E-state index in [1.165, 1.54) is 5.56 Å². The molecule has 3 nitrogen and oxygen atoms in total. The summed E-state index contributed by atoms with van der Waals surface area (Å²) in [5, 5.41) is 10.4. The van der Waals surface area contributed by atoms with Crippen LogP contribution >= 0.6 is 0 Å². The van der Waals surface area contributed by atoms with Crippen LogP contribution in [0.5, 0.6) is 0 Å². The number of hydrogen-bond donors (Lipinski definition) is 2. The zero-order chi connectivity index (χ0) is 13.0. The minimum Gasteiger partial charge on any atom is -0.388 e.